The molecule has 4 rings (SSSR count). The highest BCUT2D eigenvalue weighted by Gasteiger charge is 2.42. The molecule has 2 saturated heterocycles. The van der Waals surface area contributed by atoms with E-state index >= 15 is 0 Å². The minimum Gasteiger partial charge on any atom is -0.497 e. The number of nitrogens with zero attached hydrogens (tertiary/aromatic N) is 3. The minimum absolute atomic E-state index is 0.0278. The summed E-state index contributed by atoms with van der Waals surface area (Å²) in [5.41, 5.74) is 0.958. The van der Waals surface area contributed by atoms with Crippen molar-refractivity contribution in [1.29, 1.82) is 0 Å². The Morgan fingerprint density at radius 3 is 2.83 bits per heavy atom. The van der Waals surface area contributed by atoms with Gasteiger partial charge in [0.05, 0.1) is 18.8 Å². The molecule has 1 atom stereocenters. The molecule has 2 aliphatic rings. The van der Waals surface area contributed by atoms with Gasteiger partial charge in [-0.3, -0.25) is 14.4 Å². The van der Waals surface area contributed by atoms with E-state index < -0.39 is 0 Å². The van der Waals surface area contributed by atoms with Gasteiger partial charge in [0, 0.05) is 45.0 Å². The number of ether oxygens (including phenoxy) is 2. The Balaban J connectivity index is 1.25. The molecule has 0 aliphatic carbocycles. The smallest absolute Gasteiger partial charge is 0.271 e. The number of aromatic nitrogens is 2. The lowest BCUT2D eigenvalue weighted by atomic mass is 9.88. The van der Waals surface area contributed by atoms with E-state index in [9.17, 15) is 9.18 Å². The van der Waals surface area contributed by atoms with Gasteiger partial charge in [0.25, 0.3) is 5.91 Å². The third kappa shape index (κ3) is 4.65. The molecule has 2 aliphatic heterocycles. The zero-order valence-electron chi connectivity index (χ0n) is 17.6. The van der Waals surface area contributed by atoms with E-state index in [0.717, 1.165) is 38.8 Å². The summed E-state index contributed by atoms with van der Waals surface area (Å²) in [6.07, 6.45) is 5.55. The van der Waals surface area contributed by atoms with Crippen molar-refractivity contribution in [2.45, 2.75) is 43.9 Å². The Morgan fingerprint density at radius 1 is 1.33 bits per heavy atom. The van der Waals surface area contributed by atoms with Crippen LogP contribution in [0.3, 0.4) is 0 Å². The molecule has 1 unspecified atom stereocenters. The summed E-state index contributed by atoms with van der Waals surface area (Å²) in [7, 11) is 3.38. The van der Waals surface area contributed by atoms with E-state index in [1.54, 1.807) is 43.2 Å². The Kier molecular flexibility index (Phi) is 6.06. The van der Waals surface area contributed by atoms with Crippen molar-refractivity contribution in [2.75, 3.05) is 26.7 Å². The Labute approximate surface area is 176 Å². The average molecular weight is 416 g/mol. The van der Waals surface area contributed by atoms with Gasteiger partial charge in [0.2, 0.25) is 0 Å². The first-order valence-electron chi connectivity index (χ1n) is 10.5. The number of nitrogens with one attached hydrogen (secondary N) is 1. The van der Waals surface area contributed by atoms with Crippen LogP contribution < -0.4 is 10.1 Å². The van der Waals surface area contributed by atoms with E-state index in [1.807, 2.05) is 0 Å². The van der Waals surface area contributed by atoms with Crippen molar-refractivity contribution in [3.8, 4) is 5.75 Å². The molecule has 1 N–H and O–H groups in total. The third-order valence-corrected chi connectivity index (χ3v) is 6.19. The number of amides is 1. The maximum atomic E-state index is 14.1. The highest BCUT2D eigenvalue weighted by molar-refractivity contribution is 5.92. The van der Waals surface area contributed by atoms with Crippen molar-refractivity contribution in [3.63, 3.8) is 0 Å². The van der Waals surface area contributed by atoms with Gasteiger partial charge in [-0.15, -0.1) is 0 Å². The maximum Gasteiger partial charge on any atom is 0.271 e. The van der Waals surface area contributed by atoms with Crippen molar-refractivity contribution in [3.05, 3.63) is 47.5 Å². The zero-order chi connectivity index (χ0) is 21.1. The highest BCUT2D eigenvalue weighted by atomic mass is 19.1. The third-order valence-electron chi connectivity index (χ3n) is 6.19. The van der Waals surface area contributed by atoms with E-state index in [2.05, 4.69) is 15.3 Å². The molecule has 2 aromatic rings. The molecular weight excluding hydrogens is 387 g/mol. The standard InChI is InChI=1S/C22H29FN4O3/c1-26-10-6-20(25-26)21(28)24-14-18-5-7-22(30-18)8-11-27(12-9-22)15-16-13-17(29-2)3-4-19(16)23/h3-4,6,10,13,18H,5,7-9,11-12,14-15H2,1-2H3,(H,24,28). The van der Waals surface area contributed by atoms with E-state index in [-0.39, 0.29) is 23.4 Å². The van der Waals surface area contributed by atoms with Crippen LogP contribution in [-0.2, 0) is 18.3 Å². The van der Waals surface area contributed by atoms with Crippen molar-refractivity contribution in [1.82, 2.24) is 20.0 Å². The molecule has 3 heterocycles. The summed E-state index contributed by atoms with van der Waals surface area (Å²) in [6.45, 7) is 2.80. The van der Waals surface area contributed by atoms with Crippen LogP contribution in [0.5, 0.6) is 5.75 Å². The summed E-state index contributed by atoms with van der Waals surface area (Å²) in [6, 6.07) is 6.58. The SMILES string of the molecule is COc1ccc(F)c(CN2CCC3(CCC(CNC(=O)c4ccn(C)n4)O3)CC2)c1. The number of piperidine rings is 1. The fraction of sp³-hybridized carbons (Fsp3) is 0.545. The number of carbonyl (C=O) groups is 1. The zero-order valence-corrected chi connectivity index (χ0v) is 17.6. The fourth-order valence-corrected chi connectivity index (χ4v) is 4.40. The molecule has 0 radical (unpaired) electrons. The summed E-state index contributed by atoms with van der Waals surface area (Å²) >= 11 is 0. The molecule has 2 fully saturated rings. The quantitative estimate of drug-likeness (QED) is 0.784. The number of aryl methyl sites for hydroxylation is 1. The number of carbonyl (C=O) groups excluding carboxylic acids is 1. The first-order valence-corrected chi connectivity index (χ1v) is 10.5. The molecule has 1 spiro atoms. The van der Waals surface area contributed by atoms with Crippen LogP contribution in [0, 0.1) is 5.82 Å². The van der Waals surface area contributed by atoms with Crippen LogP contribution >= 0.6 is 0 Å². The highest BCUT2D eigenvalue weighted by Crippen LogP contribution is 2.39. The molecular formula is C22H29FN4O3. The number of likely N-dealkylation sites (tertiary alicyclic amines) is 1. The number of benzene rings is 1. The number of hydrogen-bond acceptors (Lipinski definition) is 5. The second-order valence-electron chi connectivity index (χ2n) is 8.28. The van der Waals surface area contributed by atoms with Gasteiger partial charge < -0.3 is 14.8 Å². The molecule has 0 saturated carbocycles. The van der Waals surface area contributed by atoms with Gasteiger partial charge in [0.1, 0.15) is 17.3 Å². The van der Waals surface area contributed by atoms with Gasteiger partial charge >= 0.3 is 0 Å². The van der Waals surface area contributed by atoms with Gasteiger partial charge in [-0.1, -0.05) is 0 Å². The topological polar surface area (TPSA) is 68.6 Å². The Bertz CT molecular complexity index is 892. The maximum absolute atomic E-state index is 14.1. The lowest BCUT2D eigenvalue weighted by molar-refractivity contribution is -0.0765. The first-order chi connectivity index (χ1) is 14.5. The predicted octanol–water partition coefficient (Wildman–Crippen LogP) is 2.51. The summed E-state index contributed by atoms with van der Waals surface area (Å²) in [4.78, 5) is 14.5. The van der Waals surface area contributed by atoms with Crippen molar-refractivity contribution < 1.29 is 18.7 Å². The Morgan fingerprint density at radius 2 is 2.13 bits per heavy atom. The van der Waals surface area contributed by atoms with E-state index in [1.165, 1.54) is 6.07 Å². The predicted molar refractivity (Wildman–Crippen MR) is 110 cm³/mol. The van der Waals surface area contributed by atoms with Crippen molar-refractivity contribution >= 4 is 5.91 Å². The van der Waals surface area contributed by atoms with Gasteiger partial charge in [-0.25, -0.2) is 4.39 Å². The second-order valence-corrected chi connectivity index (χ2v) is 8.28. The number of halogens is 1. The van der Waals surface area contributed by atoms with Crippen LogP contribution in [0.25, 0.3) is 0 Å². The molecule has 1 aromatic carbocycles. The van der Waals surface area contributed by atoms with Crippen LogP contribution in [-0.4, -0.2) is 59.0 Å². The summed E-state index contributed by atoms with van der Waals surface area (Å²) < 4.78 is 27.3. The summed E-state index contributed by atoms with van der Waals surface area (Å²) in [5.74, 6) is 0.307. The van der Waals surface area contributed by atoms with Gasteiger partial charge in [-0.2, -0.15) is 5.10 Å². The van der Waals surface area contributed by atoms with Crippen LogP contribution in [0.15, 0.2) is 30.5 Å². The monoisotopic (exact) mass is 416 g/mol. The molecule has 8 heteroatoms. The number of hydrogen-bond donors (Lipinski definition) is 1. The van der Waals surface area contributed by atoms with Crippen molar-refractivity contribution in [2.24, 2.45) is 7.05 Å². The number of rotatable bonds is 6. The van der Waals surface area contributed by atoms with E-state index in [4.69, 9.17) is 9.47 Å². The fourth-order valence-electron chi connectivity index (χ4n) is 4.40. The summed E-state index contributed by atoms with van der Waals surface area (Å²) in [5, 5.41) is 7.05. The molecule has 1 aromatic heterocycles. The van der Waals surface area contributed by atoms with Crippen LogP contribution in [0.4, 0.5) is 4.39 Å². The molecule has 7 nitrogen and oxygen atoms in total. The molecule has 30 heavy (non-hydrogen) atoms. The van der Waals surface area contributed by atoms with Crippen LogP contribution in [0.1, 0.15) is 41.7 Å². The molecule has 162 valence electrons. The average Bonchev–Trinajstić information content (AvgIpc) is 3.36. The second kappa shape index (κ2) is 8.73. The van der Waals surface area contributed by atoms with Gasteiger partial charge in [0.15, 0.2) is 0 Å². The largest absolute Gasteiger partial charge is 0.497 e. The number of methoxy groups -OCH3 is 1. The first kappa shape index (κ1) is 20.8. The molecule has 1 amide bonds. The Hall–Kier alpha value is -2.45. The van der Waals surface area contributed by atoms with Gasteiger partial charge in [-0.05, 0) is 49.9 Å². The lowest BCUT2D eigenvalue weighted by Gasteiger charge is -2.39. The van der Waals surface area contributed by atoms with Crippen LogP contribution in [0.2, 0.25) is 0 Å². The molecule has 0 bridgehead atoms. The minimum atomic E-state index is -0.197. The van der Waals surface area contributed by atoms with E-state index in [0.29, 0.717) is 30.1 Å². The lowest BCUT2D eigenvalue weighted by Crippen LogP contribution is -2.45. The normalized spacial score (nSPS) is 21.1.